The molecule has 0 spiro atoms. The summed E-state index contributed by atoms with van der Waals surface area (Å²) in [5.74, 6) is 0. The Hall–Kier alpha value is -0.980. The zero-order valence-electron chi connectivity index (χ0n) is 18.4. The molecule has 2 atom stereocenters. The van der Waals surface area contributed by atoms with Crippen molar-refractivity contribution in [1.82, 2.24) is 24.5 Å². The summed E-state index contributed by atoms with van der Waals surface area (Å²) < 4.78 is 0. The molecule has 3 saturated heterocycles. The average Bonchev–Trinajstić information content (AvgIpc) is 2.81. The maximum absolute atomic E-state index is 2.75. The van der Waals surface area contributed by atoms with Crippen LogP contribution in [0.5, 0.6) is 0 Å². The van der Waals surface area contributed by atoms with Crippen LogP contribution in [-0.2, 0) is 6.54 Å². The van der Waals surface area contributed by atoms with E-state index in [9.17, 15) is 0 Å². The third-order valence-corrected chi connectivity index (χ3v) is 7.02. The van der Waals surface area contributed by atoms with E-state index in [1.807, 2.05) is 0 Å². The van der Waals surface area contributed by atoms with E-state index in [2.05, 4.69) is 54.8 Å². The van der Waals surface area contributed by atoms with E-state index in [1.54, 1.807) is 0 Å². The van der Waals surface area contributed by atoms with Crippen LogP contribution in [0.3, 0.4) is 0 Å². The van der Waals surface area contributed by atoms with Crippen molar-refractivity contribution in [3.63, 3.8) is 0 Å². The minimum absolute atomic E-state index is 1.09. The van der Waals surface area contributed by atoms with E-state index >= 15 is 0 Å². The van der Waals surface area contributed by atoms with Gasteiger partial charge in [0.2, 0.25) is 0 Å². The predicted molar refractivity (Wildman–Crippen MR) is 121 cm³/mol. The molecule has 4 bridgehead atoms. The Kier molecular flexibility index (Phi) is 8.37. The van der Waals surface area contributed by atoms with Crippen LogP contribution < -0.4 is 0 Å². The monoisotopic (exact) mass is 399 g/mol. The zero-order chi connectivity index (χ0) is 19.7. The van der Waals surface area contributed by atoms with E-state index in [0.29, 0.717) is 0 Å². The van der Waals surface area contributed by atoms with Gasteiger partial charge in [0.1, 0.15) is 0 Å². The molecule has 162 valence electrons. The SMILES string of the molecule is c1ccc(CN2CCN3CCCN4CCCN(CC3)CCN(CCC4)CC2)cc1. The molecule has 0 aliphatic carbocycles. The lowest BCUT2D eigenvalue weighted by atomic mass is 10.2. The molecule has 0 saturated carbocycles. The maximum Gasteiger partial charge on any atom is 0.0234 e. The van der Waals surface area contributed by atoms with Crippen LogP contribution in [0, 0.1) is 0 Å². The van der Waals surface area contributed by atoms with Gasteiger partial charge < -0.3 is 19.6 Å². The molecule has 1 aromatic rings. The van der Waals surface area contributed by atoms with E-state index in [1.165, 1.54) is 116 Å². The summed E-state index contributed by atoms with van der Waals surface area (Å²) in [6, 6.07) is 11.1. The van der Waals surface area contributed by atoms with Crippen molar-refractivity contribution < 1.29 is 0 Å². The predicted octanol–water partition coefficient (Wildman–Crippen LogP) is 1.91. The molecule has 0 aromatic heterocycles. The third kappa shape index (κ3) is 7.04. The number of hydrogen-bond acceptors (Lipinski definition) is 5. The van der Waals surface area contributed by atoms with Crippen LogP contribution in [0.4, 0.5) is 0 Å². The first kappa shape index (κ1) is 21.3. The number of hydrogen-bond donors (Lipinski definition) is 0. The Balaban J connectivity index is 1.49. The van der Waals surface area contributed by atoms with E-state index in [0.717, 1.165) is 6.54 Å². The normalized spacial score (nSPS) is 33.2. The van der Waals surface area contributed by atoms with Crippen LogP contribution in [0.15, 0.2) is 30.3 Å². The molecule has 2 unspecified atom stereocenters. The molecular weight excluding hydrogens is 358 g/mol. The molecule has 1 aromatic carbocycles. The summed E-state index contributed by atoms with van der Waals surface area (Å²) in [4.78, 5) is 13.7. The van der Waals surface area contributed by atoms with Gasteiger partial charge in [0.05, 0.1) is 0 Å². The number of benzene rings is 1. The van der Waals surface area contributed by atoms with Gasteiger partial charge in [0.25, 0.3) is 0 Å². The van der Waals surface area contributed by atoms with Crippen LogP contribution >= 0.6 is 0 Å². The maximum atomic E-state index is 2.75. The number of fused-ring (bicyclic) bond motifs is 7. The number of rotatable bonds is 2. The Bertz CT molecular complexity index is 554. The smallest absolute Gasteiger partial charge is 0.0234 e. The van der Waals surface area contributed by atoms with Gasteiger partial charge in [-0.3, -0.25) is 4.90 Å². The standard InChI is InChI=1S/C24H41N5/c1-2-7-24(8-3-1)23-29-21-19-27-13-5-10-25-9-4-12-26(15-17-27)16-18-28(20-22-29)14-6-11-25/h1-3,7-8H,4-6,9-23H2. The van der Waals surface area contributed by atoms with Gasteiger partial charge in [0, 0.05) is 58.9 Å². The first-order chi connectivity index (χ1) is 14.3. The van der Waals surface area contributed by atoms with Gasteiger partial charge >= 0.3 is 0 Å². The number of nitrogens with zero attached hydrogens (tertiary/aromatic N) is 5. The highest BCUT2D eigenvalue weighted by atomic mass is 15.3. The Morgan fingerprint density at radius 2 is 0.828 bits per heavy atom. The van der Waals surface area contributed by atoms with Gasteiger partial charge in [-0.25, -0.2) is 0 Å². The second-order valence-electron chi connectivity index (χ2n) is 9.19. The lowest BCUT2D eigenvalue weighted by molar-refractivity contribution is 0.127. The minimum Gasteiger partial charge on any atom is -0.303 e. The average molecular weight is 400 g/mol. The molecule has 4 rings (SSSR count). The van der Waals surface area contributed by atoms with Gasteiger partial charge in [-0.15, -0.1) is 0 Å². The molecule has 3 heterocycles. The molecule has 0 radical (unpaired) electrons. The van der Waals surface area contributed by atoms with E-state index in [-0.39, 0.29) is 0 Å². The van der Waals surface area contributed by atoms with Gasteiger partial charge in [-0.05, 0) is 64.1 Å². The molecular formula is C24H41N5. The highest BCUT2D eigenvalue weighted by Gasteiger charge is 2.19. The Morgan fingerprint density at radius 3 is 1.28 bits per heavy atom. The molecule has 3 aliphatic heterocycles. The molecule has 5 heteroatoms. The van der Waals surface area contributed by atoms with Gasteiger partial charge in [-0.1, -0.05) is 30.3 Å². The topological polar surface area (TPSA) is 16.2 Å². The summed E-state index contributed by atoms with van der Waals surface area (Å²) in [6.45, 7) is 18.5. The van der Waals surface area contributed by atoms with Crippen LogP contribution in [0.2, 0.25) is 0 Å². The third-order valence-electron chi connectivity index (χ3n) is 7.02. The van der Waals surface area contributed by atoms with Crippen LogP contribution in [0.25, 0.3) is 0 Å². The Morgan fingerprint density at radius 1 is 0.448 bits per heavy atom. The first-order valence-electron chi connectivity index (χ1n) is 12.0. The largest absolute Gasteiger partial charge is 0.303 e. The summed E-state index contributed by atoms with van der Waals surface area (Å²) in [5.41, 5.74) is 1.45. The molecule has 29 heavy (non-hydrogen) atoms. The quantitative estimate of drug-likeness (QED) is 0.753. The van der Waals surface area contributed by atoms with E-state index < -0.39 is 0 Å². The summed E-state index contributed by atoms with van der Waals surface area (Å²) in [6.07, 6.45) is 3.98. The molecule has 0 amide bonds. The minimum atomic E-state index is 1.09. The first-order valence-corrected chi connectivity index (χ1v) is 12.0. The fourth-order valence-electron chi connectivity index (χ4n) is 5.14. The molecule has 3 fully saturated rings. The van der Waals surface area contributed by atoms with E-state index in [4.69, 9.17) is 0 Å². The highest BCUT2D eigenvalue weighted by Crippen LogP contribution is 2.10. The fraction of sp³-hybridized carbons (Fsp3) is 0.750. The molecule has 5 nitrogen and oxygen atoms in total. The Labute approximate surface area is 178 Å². The molecule has 3 aliphatic rings. The summed E-state index contributed by atoms with van der Waals surface area (Å²) in [7, 11) is 0. The van der Waals surface area contributed by atoms with Crippen molar-refractivity contribution in [3.05, 3.63) is 35.9 Å². The lowest BCUT2D eigenvalue weighted by Crippen LogP contribution is -2.46. The van der Waals surface area contributed by atoms with Crippen molar-refractivity contribution >= 4 is 0 Å². The molecule has 0 N–H and O–H groups in total. The lowest BCUT2D eigenvalue weighted by Gasteiger charge is -2.34. The van der Waals surface area contributed by atoms with Crippen LogP contribution in [-0.4, -0.2) is 116 Å². The van der Waals surface area contributed by atoms with Crippen molar-refractivity contribution in [2.45, 2.75) is 25.8 Å². The van der Waals surface area contributed by atoms with Crippen molar-refractivity contribution in [2.75, 3.05) is 91.6 Å². The fourth-order valence-corrected chi connectivity index (χ4v) is 5.14. The second-order valence-corrected chi connectivity index (χ2v) is 9.19. The van der Waals surface area contributed by atoms with Crippen molar-refractivity contribution in [3.8, 4) is 0 Å². The summed E-state index contributed by atoms with van der Waals surface area (Å²) >= 11 is 0. The van der Waals surface area contributed by atoms with Gasteiger partial charge in [0.15, 0.2) is 0 Å². The van der Waals surface area contributed by atoms with Crippen molar-refractivity contribution in [1.29, 1.82) is 0 Å². The highest BCUT2D eigenvalue weighted by molar-refractivity contribution is 5.14. The summed E-state index contributed by atoms with van der Waals surface area (Å²) in [5, 5.41) is 0. The van der Waals surface area contributed by atoms with Crippen LogP contribution in [0.1, 0.15) is 24.8 Å². The van der Waals surface area contributed by atoms with Crippen molar-refractivity contribution in [2.24, 2.45) is 0 Å². The van der Waals surface area contributed by atoms with Gasteiger partial charge in [-0.2, -0.15) is 0 Å². The second kappa shape index (κ2) is 11.4. The zero-order valence-corrected chi connectivity index (χ0v) is 18.4.